The molecule has 2 unspecified atom stereocenters. The maximum Gasteiger partial charge on any atom is 0.134 e. The van der Waals surface area contributed by atoms with Gasteiger partial charge in [-0.15, -0.1) is 0 Å². The van der Waals surface area contributed by atoms with Crippen LogP contribution in [0.3, 0.4) is 0 Å². The van der Waals surface area contributed by atoms with Crippen LogP contribution in [0.25, 0.3) is 0 Å². The monoisotopic (exact) mass is 234 g/mol. The molecule has 0 aromatic carbocycles. The molecule has 1 aliphatic rings. The van der Waals surface area contributed by atoms with Crippen LogP contribution in [0, 0.1) is 11.8 Å². The highest BCUT2D eigenvalue weighted by Crippen LogP contribution is 2.38. The molecule has 94 valence electrons. The van der Waals surface area contributed by atoms with Crippen molar-refractivity contribution in [3.05, 3.63) is 11.9 Å². The number of nitrogens with one attached hydrogen (secondary N) is 2. The molecule has 1 aromatic heterocycles. The lowest BCUT2D eigenvalue weighted by molar-refractivity contribution is 0.776. The van der Waals surface area contributed by atoms with E-state index in [0.29, 0.717) is 5.92 Å². The molecular weight excluding hydrogens is 212 g/mol. The van der Waals surface area contributed by atoms with E-state index in [9.17, 15) is 0 Å². The van der Waals surface area contributed by atoms with Gasteiger partial charge in [0.2, 0.25) is 0 Å². The Morgan fingerprint density at radius 1 is 1.35 bits per heavy atom. The van der Waals surface area contributed by atoms with Crippen LogP contribution in [-0.4, -0.2) is 23.6 Å². The summed E-state index contributed by atoms with van der Waals surface area (Å²) in [6, 6.07) is 0. The van der Waals surface area contributed by atoms with E-state index in [1.807, 2.05) is 7.05 Å². The van der Waals surface area contributed by atoms with E-state index in [1.165, 1.54) is 12.0 Å². The lowest BCUT2D eigenvalue weighted by atomic mass is 10.0. The van der Waals surface area contributed by atoms with Gasteiger partial charge < -0.3 is 10.6 Å². The first-order chi connectivity index (χ1) is 8.13. The Hall–Kier alpha value is -1.32. The fraction of sp³-hybridized carbons (Fsp3) is 0.692. The molecule has 0 aliphatic heterocycles. The van der Waals surface area contributed by atoms with Crippen molar-refractivity contribution in [3.63, 3.8) is 0 Å². The predicted molar refractivity (Wildman–Crippen MR) is 71.4 cm³/mol. The summed E-state index contributed by atoms with van der Waals surface area (Å²) in [6.07, 6.45) is 2.96. The molecule has 1 fully saturated rings. The van der Waals surface area contributed by atoms with E-state index < -0.39 is 0 Å². The van der Waals surface area contributed by atoms with Gasteiger partial charge >= 0.3 is 0 Å². The number of hydrogen-bond acceptors (Lipinski definition) is 4. The van der Waals surface area contributed by atoms with Crippen molar-refractivity contribution in [2.75, 3.05) is 24.2 Å². The van der Waals surface area contributed by atoms with Crippen molar-refractivity contribution in [2.45, 2.75) is 33.1 Å². The van der Waals surface area contributed by atoms with Gasteiger partial charge in [0, 0.05) is 19.2 Å². The summed E-state index contributed by atoms with van der Waals surface area (Å²) in [5.74, 6) is 4.02. The van der Waals surface area contributed by atoms with E-state index in [4.69, 9.17) is 0 Å². The summed E-state index contributed by atoms with van der Waals surface area (Å²) in [5, 5.41) is 6.61. The molecule has 4 heteroatoms. The normalized spacial score (nSPS) is 22.6. The second-order valence-corrected chi connectivity index (χ2v) is 5.24. The lowest BCUT2D eigenvalue weighted by Gasteiger charge is -2.16. The minimum absolute atomic E-state index is 0.415. The molecular formula is C13H22N4. The second-order valence-electron chi connectivity index (χ2n) is 5.24. The Morgan fingerprint density at radius 3 is 2.53 bits per heavy atom. The molecule has 1 aliphatic carbocycles. The smallest absolute Gasteiger partial charge is 0.134 e. The van der Waals surface area contributed by atoms with Crippen molar-refractivity contribution in [1.29, 1.82) is 0 Å². The first-order valence-electron chi connectivity index (χ1n) is 6.40. The van der Waals surface area contributed by atoms with Gasteiger partial charge in [0.15, 0.2) is 0 Å². The van der Waals surface area contributed by atoms with E-state index in [0.717, 1.165) is 30.0 Å². The minimum Gasteiger partial charge on any atom is -0.373 e. The van der Waals surface area contributed by atoms with Gasteiger partial charge in [-0.2, -0.15) is 0 Å². The highest BCUT2D eigenvalue weighted by molar-refractivity contribution is 5.58. The Balaban J connectivity index is 2.13. The zero-order valence-electron chi connectivity index (χ0n) is 11.1. The molecule has 1 saturated carbocycles. The van der Waals surface area contributed by atoms with Crippen LogP contribution in [0.2, 0.25) is 0 Å². The van der Waals surface area contributed by atoms with Gasteiger partial charge in [0.1, 0.15) is 18.0 Å². The standard InChI is InChI=1S/C13H22N4/c1-8(2)11-12(14-4)16-7-17-13(11)15-6-10-5-9(10)3/h7-10H,5-6H2,1-4H3,(H2,14,15,16,17). The van der Waals surface area contributed by atoms with Crippen molar-refractivity contribution < 1.29 is 0 Å². The topological polar surface area (TPSA) is 49.8 Å². The molecule has 0 spiro atoms. The maximum absolute atomic E-state index is 4.37. The molecule has 1 heterocycles. The first-order valence-corrected chi connectivity index (χ1v) is 6.40. The molecule has 0 bridgehead atoms. The molecule has 17 heavy (non-hydrogen) atoms. The van der Waals surface area contributed by atoms with E-state index in [1.54, 1.807) is 6.33 Å². The summed E-state index contributed by atoms with van der Waals surface area (Å²) in [6.45, 7) is 7.67. The van der Waals surface area contributed by atoms with Gasteiger partial charge in [-0.05, 0) is 24.2 Å². The largest absolute Gasteiger partial charge is 0.373 e. The van der Waals surface area contributed by atoms with Crippen LogP contribution < -0.4 is 10.6 Å². The SMILES string of the molecule is CNc1ncnc(NCC2CC2C)c1C(C)C. The fourth-order valence-corrected chi connectivity index (χ4v) is 2.19. The third-order valence-electron chi connectivity index (χ3n) is 3.51. The molecule has 2 N–H and O–H groups in total. The van der Waals surface area contributed by atoms with E-state index in [2.05, 4.69) is 41.4 Å². The van der Waals surface area contributed by atoms with Crippen LogP contribution in [0.15, 0.2) is 6.33 Å². The number of hydrogen-bond donors (Lipinski definition) is 2. The van der Waals surface area contributed by atoms with Gasteiger partial charge in [-0.1, -0.05) is 20.8 Å². The zero-order chi connectivity index (χ0) is 12.4. The molecule has 2 atom stereocenters. The van der Waals surface area contributed by atoms with Gasteiger partial charge in [0.25, 0.3) is 0 Å². The van der Waals surface area contributed by atoms with Crippen molar-refractivity contribution in [1.82, 2.24) is 9.97 Å². The highest BCUT2D eigenvalue weighted by Gasteiger charge is 2.32. The summed E-state index contributed by atoms with van der Waals surface area (Å²) in [4.78, 5) is 8.65. The van der Waals surface area contributed by atoms with Gasteiger partial charge in [-0.25, -0.2) is 9.97 Å². The van der Waals surface area contributed by atoms with Gasteiger partial charge in [0.05, 0.1) is 0 Å². The average Bonchev–Trinajstić information content (AvgIpc) is 3.01. The van der Waals surface area contributed by atoms with Crippen molar-refractivity contribution in [2.24, 2.45) is 11.8 Å². The van der Waals surface area contributed by atoms with Crippen LogP contribution in [0.5, 0.6) is 0 Å². The summed E-state index contributed by atoms with van der Waals surface area (Å²) < 4.78 is 0. The Morgan fingerprint density at radius 2 is 2.00 bits per heavy atom. The van der Waals surface area contributed by atoms with E-state index in [-0.39, 0.29) is 0 Å². The number of rotatable bonds is 5. The Labute approximate surface area is 103 Å². The van der Waals surface area contributed by atoms with Crippen LogP contribution in [0.4, 0.5) is 11.6 Å². The van der Waals surface area contributed by atoms with Gasteiger partial charge in [-0.3, -0.25) is 0 Å². The van der Waals surface area contributed by atoms with Crippen molar-refractivity contribution in [3.8, 4) is 0 Å². The van der Waals surface area contributed by atoms with Crippen LogP contribution in [-0.2, 0) is 0 Å². The summed E-state index contributed by atoms with van der Waals surface area (Å²) in [5.41, 5.74) is 1.18. The number of nitrogens with zero attached hydrogens (tertiary/aromatic N) is 2. The Kier molecular flexibility index (Phi) is 3.50. The molecule has 2 rings (SSSR count). The zero-order valence-corrected chi connectivity index (χ0v) is 11.1. The van der Waals surface area contributed by atoms with Crippen LogP contribution in [0.1, 0.15) is 38.7 Å². The third kappa shape index (κ3) is 2.68. The predicted octanol–water partition coefficient (Wildman–Crippen LogP) is 2.71. The molecule has 0 saturated heterocycles. The first kappa shape index (κ1) is 12.1. The van der Waals surface area contributed by atoms with Crippen LogP contribution >= 0.6 is 0 Å². The molecule has 1 aromatic rings. The highest BCUT2D eigenvalue weighted by atomic mass is 15.1. The summed E-state index contributed by atoms with van der Waals surface area (Å²) >= 11 is 0. The molecule has 4 nitrogen and oxygen atoms in total. The minimum atomic E-state index is 0.415. The fourth-order valence-electron chi connectivity index (χ4n) is 2.19. The summed E-state index contributed by atoms with van der Waals surface area (Å²) in [7, 11) is 1.90. The van der Waals surface area contributed by atoms with E-state index >= 15 is 0 Å². The maximum atomic E-state index is 4.37. The Bertz CT molecular complexity index is 389. The number of anilines is 2. The molecule has 0 amide bonds. The third-order valence-corrected chi connectivity index (χ3v) is 3.51. The van der Waals surface area contributed by atoms with Crippen molar-refractivity contribution >= 4 is 11.6 Å². The lowest BCUT2D eigenvalue weighted by Crippen LogP contribution is -2.12. The second kappa shape index (κ2) is 4.90. The average molecular weight is 234 g/mol. The molecule has 0 radical (unpaired) electrons. The quantitative estimate of drug-likeness (QED) is 0.822. The number of aromatic nitrogens is 2.